The molecule has 0 amide bonds. The summed E-state index contributed by atoms with van der Waals surface area (Å²) in [5.74, 6) is 3.39. The fourth-order valence-electron chi connectivity index (χ4n) is 10.9. The number of ether oxygens (including phenoxy) is 1. The van der Waals surface area contributed by atoms with E-state index in [0.717, 1.165) is 80.3 Å². The van der Waals surface area contributed by atoms with Crippen molar-refractivity contribution in [2.45, 2.75) is 123 Å². The molecule has 2 aromatic rings. The van der Waals surface area contributed by atoms with Crippen LogP contribution in [0.4, 0.5) is 5.69 Å². The molecule has 4 aliphatic rings. The van der Waals surface area contributed by atoms with Crippen molar-refractivity contribution >= 4 is 22.6 Å². The van der Waals surface area contributed by atoms with E-state index in [4.69, 9.17) is 15.6 Å². The zero-order valence-corrected chi connectivity index (χ0v) is 29.5. The minimum Gasteiger partial charge on any atom is -0.497 e. The van der Waals surface area contributed by atoms with Gasteiger partial charge in [0, 0.05) is 30.1 Å². The molecule has 6 rings (SSSR count). The van der Waals surface area contributed by atoms with E-state index in [0.29, 0.717) is 41.5 Å². The summed E-state index contributed by atoms with van der Waals surface area (Å²) in [4.78, 5) is 15.5. The van der Waals surface area contributed by atoms with E-state index in [9.17, 15) is 15.0 Å². The topological polar surface area (TPSA) is 138 Å². The van der Waals surface area contributed by atoms with E-state index in [1.165, 1.54) is 19.3 Å². The molecule has 0 bridgehead atoms. The second kappa shape index (κ2) is 15.0. The van der Waals surface area contributed by atoms with Gasteiger partial charge in [0.25, 0.3) is 0 Å². The first-order valence-corrected chi connectivity index (χ1v) is 18.4. The van der Waals surface area contributed by atoms with Gasteiger partial charge >= 0.3 is 5.97 Å². The number of aliphatic hydroxyl groups is 2. The third-order valence-electron chi connectivity index (χ3n) is 13.5. The third kappa shape index (κ3) is 7.30. The molecule has 4 saturated carbocycles. The van der Waals surface area contributed by atoms with Crippen molar-refractivity contribution in [1.82, 2.24) is 4.98 Å². The summed E-state index contributed by atoms with van der Waals surface area (Å²) in [6, 6.07) is 8.33. The molecule has 1 unspecified atom stereocenters. The number of carboxylic acids is 1. The van der Waals surface area contributed by atoms with Gasteiger partial charge in [-0.25, -0.2) is 0 Å². The average Bonchev–Trinajstić information content (AvgIpc) is 3.42. The lowest BCUT2D eigenvalue weighted by Crippen LogP contribution is -2.58. The average molecular weight is 652 g/mol. The van der Waals surface area contributed by atoms with Crippen molar-refractivity contribution in [1.29, 1.82) is 0 Å². The molecule has 0 saturated heterocycles. The van der Waals surface area contributed by atoms with Crippen LogP contribution in [-0.2, 0) is 4.79 Å². The Morgan fingerprint density at radius 3 is 2.60 bits per heavy atom. The molecule has 8 nitrogen and oxygen atoms in total. The van der Waals surface area contributed by atoms with E-state index in [-0.39, 0.29) is 29.5 Å². The highest BCUT2D eigenvalue weighted by Gasteiger charge is 2.63. The first-order valence-electron chi connectivity index (χ1n) is 18.4. The molecule has 0 spiro atoms. The van der Waals surface area contributed by atoms with Crippen molar-refractivity contribution in [3.63, 3.8) is 0 Å². The number of rotatable bonds is 10. The van der Waals surface area contributed by atoms with Gasteiger partial charge in [-0.05, 0) is 143 Å². The van der Waals surface area contributed by atoms with Gasteiger partial charge in [-0.15, -0.1) is 0 Å². The van der Waals surface area contributed by atoms with Crippen LogP contribution in [0.1, 0.15) is 105 Å². The summed E-state index contributed by atoms with van der Waals surface area (Å²) < 4.78 is 5.34. The molecular formula is C39H61N3O5. The minimum absolute atomic E-state index is 0.0591. The molecule has 262 valence electrons. The normalized spacial score (nSPS) is 35.8. The number of carbonyl (C=O) groups is 1. The maximum Gasteiger partial charge on any atom is 0.303 e. The van der Waals surface area contributed by atoms with Gasteiger partial charge in [0.15, 0.2) is 0 Å². The number of benzene rings is 1. The van der Waals surface area contributed by atoms with Gasteiger partial charge in [-0.1, -0.05) is 26.8 Å². The number of aliphatic carboxylic acids is 1. The predicted molar refractivity (Wildman–Crippen MR) is 188 cm³/mol. The molecule has 11 atom stereocenters. The Balaban J connectivity index is 0.000000199. The number of hydrogen-bond donors (Lipinski definition) is 5. The molecule has 47 heavy (non-hydrogen) atoms. The van der Waals surface area contributed by atoms with Crippen LogP contribution < -0.4 is 15.8 Å². The van der Waals surface area contributed by atoms with Crippen molar-refractivity contribution in [3.8, 4) is 5.75 Å². The van der Waals surface area contributed by atoms with Crippen LogP contribution in [0.3, 0.4) is 0 Å². The predicted octanol–water partition coefficient (Wildman–Crippen LogP) is 7.26. The van der Waals surface area contributed by atoms with Crippen molar-refractivity contribution in [3.05, 3.63) is 30.5 Å². The van der Waals surface area contributed by atoms with Crippen LogP contribution in [-0.4, -0.2) is 58.2 Å². The van der Waals surface area contributed by atoms with Crippen molar-refractivity contribution in [2.24, 2.45) is 52.1 Å². The summed E-state index contributed by atoms with van der Waals surface area (Å²) in [5.41, 5.74) is 7.75. The maximum absolute atomic E-state index is 11.5. The Bertz CT molecular complexity index is 1360. The Labute approximate surface area is 282 Å². The highest BCUT2D eigenvalue weighted by molar-refractivity contribution is 5.91. The number of hydrogen-bond acceptors (Lipinski definition) is 7. The molecule has 1 aromatic heterocycles. The quantitative estimate of drug-likeness (QED) is 0.181. The number of anilines is 1. The zero-order chi connectivity index (χ0) is 33.9. The largest absolute Gasteiger partial charge is 0.497 e. The lowest BCUT2D eigenvalue weighted by Gasteiger charge is -2.62. The number of nitrogens with two attached hydrogens (primary N) is 1. The van der Waals surface area contributed by atoms with Gasteiger partial charge in [-0.2, -0.15) is 0 Å². The monoisotopic (exact) mass is 651 g/mol. The maximum atomic E-state index is 11.5. The van der Waals surface area contributed by atoms with E-state index in [1.807, 2.05) is 30.5 Å². The second-order valence-electron chi connectivity index (χ2n) is 16.0. The molecule has 4 fully saturated rings. The molecule has 1 aromatic carbocycles. The van der Waals surface area contributed by atoms with Gasteiger partial charge in [0.2, 0.25) is 0 Å². The number of aromatic nitrogens is 1. The van der Waals surface area contributed by atoms with Crippen LogP contribution in [0.15, 0.2) is 30.5 Å². The SMILES string of the molecule is COc1cc(NC(C)CCCN)c2ncccc2c1.C[C@H](CCC(=O)O)[C@H]1CC[C@H]2[C@@H]3CC[C@@H]4C[C@H](O)CC[C@]4(C)[C@H]3C[C@H](O)[C@]12C. The molecule has 1 heterocycles. The molecule has 0 radical (unpaired) electrons. The number of carboxylic acid groups (broad SMARTS) is 1. The lowest BCUT2D eigenvalue weighted by molar-refractivity contribution is -0.175. The molecular weight excluding hydrogens is 590 g/mol. The molecule has 6 N–H and O–H groups in total. The van der Waals surface area contributed by atoms with Gasteiger partial charge in [0.05, 0.1) is 30.5 Å². The highest BCUT2D eigenvalue weighted by Crippen LogP contribution is 2.68. The van der Waals surface area contributed by atoms with E-state index in [2.05, 4.69) is 38.0 Å². The standard InChI is InChI=1S/C24H40O4.C15H21N3O/c1-14(4-9-22(27)28)18-7-8-19-17-6-5-15-12-16(25)10-11-23(15,2)20(17)13-21(26)24(18,19)3;1-11(5-3-7-16)18-14-10-13(19-2)9-12-6-4-8-17-15(12)14/h14-21,25-26H,4-13H2,1-3H3,(H,27,28);4,6,8-11,18H,3,5,7,16H2,1-2H3/t14-,15-,16-,17+,18-,19+,20+,21+,23+,24-;/m1./s1. The fourth-order valence-corrected chi connectivity index (χ4v) is 10.9. The van der Waals surface area contributed by atoms with Crippen molar-refractivity contribution < 1.29 is 24.9 Å². The van der Waals surface area contributed by atoms with Crippen LogP contribution in [0.2, 0.25) is 0 Å². The Hall–Kier alpha value is -2.42. The molecule has 8 heteroatoms. The number of nitrogens with zero attached hydrogens (tertiary/aromatic N) is 1. The van der Waals surface area contributed by atoms with E-state index >= 15 is 0 Å². The smallest absolute Gasteiger partial charge is 0.303 e. The lowest BCUT2D eigenvalue weighted by atomic mass is 9.43. The summed E-state index contributed by atoms with van der Waals surface area (Å²) in [7, 11) is 1.68. The fraction of sp³-hybridized carbons (Fsp3) is 0.744. The number of fused-ring (bicyclic) bond motifs is 6. The summed E-state index contributed by atoms with van der Waals surface area (Å²) in [6.45, 7) is 9.87. The summed E-state index contributed by atoms with van der Waals surface area (Å²) in [5, 5.41) is 35.3. The van der Waals surface area contributed by atoms with Gasteiger partial charge in [0.1, 0.15) is 5.75 Å². The number of aliphatic hydroxyl groups excluding tert-OH is 2. The molecule has 4 aliphatic carbocycles. The number of methoxy groups -OCH3 is 1. The minimum atomic E-state index is -0.707. The van der Waals surface area contributed by atoms with Crippen LogP contribution in [0, 0.1) is 46.3 Å². The van der Waals surface area contributed by atoms with Gasteiger partial charge < -0.3 is 31.1 Å². The van der Waals surface area contributed by atoms with E-state index in [1.54, 1.807) is 7.11 Å². The number of pyridine rings is 1. The first kappa shape index (κ1) is 35.9. The van der Waals surface area contributed by atoms with Crippen LogP contribution in [0.5, 0.6) is 5.75 Å². The van der Waals surface area contributed by atoms with Crippen LogP contribution >= 0.6 is 0 Å². The Morgan fingerprint density at radius 1 is 1.09 bits per heavy atom. The number of nitrogens with one attached hydrogen (secondary N) is 1. The zero-order valence-electron chi connectivity index (χ0n) is 29.5. The van der Waals surface area contributed by atoms with Crippen molar-refractivity contribution in [2.75, 3.05) is 19.0 Å². The third-order valence-corrected chi connectivity index (χ3v) is 13.5. The van der Waals surface area contributed by atoms with E-state index < -0.39 is 5.97 Å². The van der Waals surface area contributed by atoms with Crippen LogP contribution in [0.25, 0.3) is 10.9 Å². The first-order chi connectivity index (χ1) is 22.4. The molecule has 0 aliphatic heterocycles. The Kier molecular flexibility index (Phi) is 11.4. The highest BCUT2D eigenvalue weighted by atomic mass is 16.5. The Morgan fingerprint density at radius 2 is 1.87 bits per heavy atom. The summed E-state index contributed by atoms with van der Waals surface area (Å²) in [6.07, 6.45) is 13.1. The second-order valence-corrected chi connectivity index (χ2v) is 16.0. The van der Waals surface area contributed by atoms with Gasteiger partial charge in [-0.3, -0.25) is 9.78 Å². The summed E-state index contributed by atoms with van der Waals surface area (Å²) >= 11 is 0.